The van der Waals surface area contributed by atoms with Crippen molar-refractivity contribution in [3.8, 4) is 0 Å². The second-order valence-electron chi connectivity index (χ2n) is 6.73. The highest BCUT2D eigenvalue weighted by atomic mass is 35.5. The van der Waals surface area contributed by atoms with Gasteiger partial charge in [0, 0.05) is 40.6 Å². The zero-order valence-electron chi connectivity index (χ0n) is 14.1. The van der Waals surface area contributed by atoms with Crippen LogP contribution in [0.5, 0.6) is 0 Å². The fourth-order valence-corrected chi connectivity index (χ4v) is 3.15. The average Bonchev–Trinajstić information content (AvgIpc) is 2.54. The topological polar surface area (TPSA) is 32.3 Å². The van der Waals surface area contributed by atoms with Crippen molar-refractivity contribution in [1.82, 2.24) is 4.90 Å². The van der Waals surface area contributed by atoms with Crippen molar-refractivity contribution in [3.05, 3.63) is 70.8 Å². The second-order valence-corrected chi connectivity index (χ2v) is 7.17. The van der Waals surface area contributed by atoms with Gasteiger partial charge in [0.05, 0.1) is 0 Å². The molecule has 0 radical (unpaired) electrons. The van der Waals surface area contributed by atoms with Gasteiger partial charge in [-0.05, 0) is 50.1 Å². The van der Waals surface area contributed by atoms with E-state index < -0.39 is 0 Å². The lowest BCUT2D eigenvalue weighted by Crippen LogP contribution is -2.45. The number of likely N-dealkylation sites (N-methyl/N-ethyl adjacent to an activating group) is 1. The summed E-state index contributed by atoms with van der Waals surface area (Å²) >= 11 is 5.88. The molecule has 124 valence electrons. The van der Waals surface area contributed by atoms with E-state index in [1.807, 2.05) is 19.2 Å². The highest BCUT2D eigenvalue weighted by molar-refractivity contribution is 6.30. The number of carbonyl (C=O) groups excluding carboxylic acids is 1. The van der Waals surface area contributed by atoms with Crippen LogP contribution in [0.3, 0.4) is 0 Å². The molecule has 24 heavy (non-hydrogen) atoms. The Morgan fingerprint density at radius 2 is 1.83 bits per heavy atom. The first-order valence-electron chi connectivity index (χ1n) is 7.97. The maximum Gasteiger partial charge on any atom is 0.250 e. The van der Waals surface area contributed by atoms with Crippen molar-refractivity contribution >= 4 is 28.9 Å². The number of hydrogen-bond acceptors (Lipinski definition) is 2. The van der Waals surface area contributed by atoms with E-state index in [-0.39, 0.29) is 11.4 Å². The van der Waals surface area contributed by atoms with Crippen LogP contribution in [0, 0.1) is 0 Å². The summed E-state index contributed by atoms with van der Waals surface area (Å²) in [6.07, 6.45) is 2.63. The third-order valence-electron chi connectivity index (χ3n) is 4.57. The number of halogens is 1. The van der Waals surface area contributed by atoms with Gasteiger partial charge in [-0.3, -0.25) is 4.79 Å². The van der Waals surface area contributed by atoms with Crippen molar-refractivity contribution in [2.75, 3.05) is 12.4 Å². The van der Waals surface area contributed by atoms with Crippen LogP contribution in [0.25, 0.3) is 5.70 Å². The maximum absolute atomic E-state index is 12.5. The third-order valence-corrected chi connectivity index (χ3v) is 4.82. The van der Waals surface area contributed by atoms with E-state index in [1.165, 1.54) is 5.56 Å². The first kappa shape index (κ1) is 16.6. The van der Waals surface area contributed by atoms with E-state index in [0.29, 0.717) is 5.02 Å². The number of nitrogens with zero attached hydrogens (tertiary/aromatic N) is 1. The fourth-order valence-electron chi connectivity index (χ4n) is 3.03. The highest BCUT2D eigenvalue weighted by Crippen LogP contribution is 2.36. The van der Waals surface area contributed by atoms with Crippen LogP contribution in [0.2, 0.25) is 5.02 Å². The Morgan fingerprint density at radius 1 is 1.17 bits per heavy atom. The van der Waals surface area contributed by atoms with Crippen molar-refractivity contribution in [3.63, 3.8) is 0 Å². The van der Waals surface area contributed by atoms with Crippen LogP contribution in [0.15, 0.2) is 54.6 Å². The first-order valence-corrected chi connectivity index (χ1v) is 8.35. The summed E-state index contributed by atoms with van der Waals surface area (Å²) in [4.78, 5) is 14.7. The van der Waals surface area contributed by atoms with Crippen LogP contribution in [-0.2, 0) is 11.2 Å². The molecule has 1 aliphatic heterocycles. The second kappa shape index (κ2) is 6.33. The minimum absolute atomic E-state index is 0.0409. The quantitative estimate of drug-likeness (QED) is 0.811. The summed E-state index contributed by atoms with van der Waals surface area (Å²) in [5.74, 6) is -0.147. The molecule has 0 fully saturated rings. The third kappa shape index (κ3) is 3.31. The number of nitrogens with one attached hydrogen (secondary N) is 1. The molecule has 1 aliphatic rings. The van der Waals surface area contributed by atoms with Crippen LogP contribution in [0.4, 0.5) is 5.69 Å². The molecule has 0 spiro atoms. The van der Waals surface area contributed by atoms with Crippen LogP contribution in [-0.4, -0.2) is 23.4 Å². The molecule has 2 aromatic carbocycles. The Kier molecular flexibility index (Phi) is 4.37. The zero-order valence-corrected chi connectivity index (χ0v) is 14.9. The van der Waals surface area contributed by atoms with Crippen molar-refractivity contribution < 1.29 is 4.79 Å². The Bertz CT molecular complexity index is 794. The van der Waals surface area contributed by atoms with Gasteiger partial charge in [-0.1, -0.05) is 35.9 Å². The van der Waals surface area contributed by atoms with Gasteiger partial charge in [0.25, 0.3) is 0 Å². The summed E-state index contributed by atoms with van der Waals surface area (Å²) in [6.45, 7) is 4.38. The molecule has 0 unspecified atom stereocenters. The average molecular weight is 341 g/mol. The van der Waals surface area contributed by atoms with Crippen molar-refractivity contribution in [2.45, 2.75) is 25.8 Å². The molecule has 3 nitrogen and oxygen atoms in total. The van der Waals surface area contributed by atoms with Crippen molar-refractivity contribution in [2.24, 2.45) is 0 Å². The van der Waals surface area contributed by atoms with Gasteiger partial charge in [-0.25, -0.2) is 0 Å². The molecule has 1 N–H and O–H groups in total. The Hall–Kier alpha value is -2.26. The molecule has 0 aliphatic carbocycles. The number of benzene rings is 2. The minimum Gasteiger partial charge on any atom is -0.368 e. The number of anilines is 1. The summed E-state index contributed by atoms with van der Waals surface area (Å²) in [7, 11) is 2.04. The molecule has 0 saturated heterocycles. The highest BCUT2D eigenvalue weighted by Gasteiger charge is 2.33. The minimum atomic E-state index is -0.147. The molecule has 0 aromatic heterocycles. The van der Waals surface area contributed by atoms with Crippen molar-refractivity contribution in [1.29, 1.82) is 0 Å². The molecule has 4 heteroatoms. The SMILES string of the molecule is CN1C(=CC(=O)Nc2ccc(Cl)cc2)c2ccccc2CC1(C)C. The molecule has 0 saturated carbocycles. The van der Waals surface area contributed by atoms with Gasteiger partial charge >= 0.3 is 0 Å². The van der Waals surface area contributed by atoms with Crippen LogP contribution < -0.4 is 5.32 Å². The standard InChI is InChI=1S/C20H21ClN2O/c1-20(2)13-14-6-4-5-7-17(14)18(23(20)3)12-19(24)22-16-10-8-15(21)9-11-16/h4-12H,13H2,1-3H3,(H,22,24). The number of amides is 1. The van der Waals surface area contributed by atoms with Gasteiger partial charge in [-0.15, -0.1) is 0 Å². The number of fused-ring (bicyclic) bond motifs is 1. The van der Waals surface area contributed by atoms with Gasteiger partial charge in [0.1, 0.15) is 0 Å². The number of rotatable bonds is 2. The molecule has 0 atom stereocenters. The lowest BCUT2D eigenvalue weighted by molar-refractivity contribution is -0.111. The van der Waals surface area contributed by atoms with Crippen LogP contribution >= 0.6 is 11.6 Å². The summed E-state index contributed by atoms with van der Waals surface area (Å²) in [5.41, 5.74) is 4.01. The summed E-state index contributed by atoms with van der Waals surface area (Å²) < 4.78 is 0. The van der Waals surface area contributed by atoms with Crippen LogP contribution in [0.1, 0.15) is 25.0 Å². The monoisotopic (exact) mass is 340 g/mol. The Balaban J connectivity index is 1.92. The van der Waals surface area contributed by atoms with Gasteiger partial charge in [-0.2, -0.15) is 0 Å². The molecule has 1 heterocycles. The Morgan fingerprint density at radius 3 is 2.54 bits per heavy atom. The molecule has 2 aromatic rings. The van der Waals surface area contributed by atoms with Gasteiger partial charge in [0.15, 0.2) is 0 Å². The molecule has 1 amide bonds. The number of hydrogen-bond donors (Lipinski definition) is 1. The fraction of sp³-hybridized carbons (Fsp3) is 0.250. The molecular weight excluding hydrogens is 320 g/mol. The zero-order chi connectivity index (χ0) is 17.3. The Labute approximate surface area is 147 Å². The first-order chi connectivity index (χ1) is 11.4. The van der Waals surface area contributed by atoms with E-state index in [0.717, 1.165) is 23.4 Å². The smallest absolute Gasteiger partial charge is 0.250 e. The molecular formula is C20H21ClN2O. The number of carbonyl (C=O) groups is 1. The van der Waals surface area contributed by atoms with Gasteiger partial charge in [0.2, 0.25) is 5.91 Å². The van der Waals surface area contributed by atoms with Gasteiger partial charge < -0.3 is 10.2 Å². The lowest BCUT2D eigenvalue weighted by Gasteiger charge is -2.44. The summed E-state index contributed by atoms with van der Waals surface area (Å²) in [5, 5.41) is 3.54. The van der Waals surface area contributed by atoms with E-state index in [2.05, 4.69) is 36.2 Å². The van der Waals surface area contributed by atoms with E-state index in [1.54, 1.807) is 30.3 Å². The predicted molar refractivity (Wildman–Crippen MR) is 100 cm³/mol. The van der Waals surface area contributed by atoms with E-state index >= 15 is 0 Å². The normalized spacial score (nSPS) is 17.5. The van der Waals surface area contributed by atoms with E-state index in [4.69, 9.17) is 11.6 Å². The predicted octanol–water partition coefficient (Wildman–Crippen LogP) is 4.59. The summed E-state index contributed by atoms with van der Waals surface area (Å²) in [6, 6.07) is 15.4. The molecule has 3 rings (SSSR count). The largest absolute Gasteiger partial charge is 0.368 e. The van der Waals surface area contributed by atoms with E-state index in [9.17, 15) is 4.79 Å². The maximum atomic E-state index is 12.5. The molecule has 0 bridgehead atoms. The lowest BCUT2D eigenvalue weighted by atomic mass is 9.84.